The number of nitrogens with one attached hydrogen (secondary N) is 2. The summed E-state index contributed by atoms with van der Waals surface area (Å²) in [6.45, 7) is 6.40. The van der Waals surface area contributed by atoms with Crippen LogP contribution in [0.15, 0.2) is 42.6 Å². The molecule has 2 aromatic heterocycles. The van der Waals surface area contributed by atoms with Gasteiger partial charge in [0.05, 0.1) is 5.69 Å². The van der Waals surface area contributed by atoms with Gasteiger partial charge in [0.1, 0.15) is 11.5 Å². The number of hydrogen-bond donors (Lipinski definition) is 2. The summed E-state index contributed by atoms with van der Waals surface area (Å²) in [6, 6.07) is 11.8. The molecule has 23 heavy (non-hydrogen) atoms. The Kier molecular flexibility index (Phi) is 4.37. The molecular weight excluding hydrogens is 286 g/mol. The lowest BCUT2D eigenvalue weighted by Crippen LogP contribution is -1.98. The first-order chi connectivity index (χ1) is 11.1. The zero-order valence-corrected chi connectivity index (χ0v) is 13.7. The van der Waals surface area contributed by atoms with Crippen LogP contribution in [0.3, 0.4) is 0 Å². The molecule has 5 nitrogen and oxygen atoms in total. The number of anilines is 2. The average Bonchev–Trinajstić information content (AvgIpc) is 2.88. The molecule has 0 spiro atoms. The van der Waals surface area contributed by atoms with E-state index in [0.717, 1.165) is 35.0 Å². The number of H-pyrrole nitrogens is 1. The van der Waals surface area contributed by atoms with Crippen LogP contribution in [0.1, 0.15) is 25.4 Å². The van der Waals surface area contributed by atoms with Gasteiger partial charge in [0.15, 0.2) is 0 Å². The van der Waals surface area contributed by atoms with Gasteiger partial charge in [0.25, 0.3) is 0 Å². The zero-order chi connectivity index (χ0) is 16.2. The van der Waals surface area contributed by atoms with Crippen molar-refractivity contribution in [3.05, 3.63) is 54.1 Å². The molecule has 0 radical (unpaired) electrons. The molecule has 1 aromatic carbocycles. The number of aryl methyl sites for hydroxylation is 1. The Morgan fingerprint density at radius 2 is 1.87 bits per heavy atom. The highest BCUT2D eigenvalue weighted by molar-refractivity contribution is 5.60. The van der Waals surface area contributed by atoms with Crippen molar-refractivity contribution in [1.29, 1.82) is 0 Å². The lowest BCUT2D eigenvalue weighted by atomic mass is 10.1. The lowest BCUT2D eigenvalue weighted by molar-refractivity contribution is 0.625. The maximum Gasteiger partial charge on any atom is 0.227 e. The molecule has 0 aliphatic rings. The quantitative estimate of drug-likeness (QED) is 0.744. The molecule has 0 unspecified atom stereocenters. The second-order valence-corrected chi connectivity index (χ2v) is 6.01. The molecule has 0 bridgehead atoms. The maximum absolute atomic E-state index is 4.69. The van der Waals surface area contributed by atoms with E-state index < -0.39 is 0 Å². The number of benzene rings is 1. The summed E-state index contributed by atoms with van der Waals surface area (Å²) in [4.78, 5) is 16.9. The van der Waals surface area contributed by atoms with Gasteiger partial charge < -0.3 is 10.3 Å². The second kappa shape index (κ2) is 6.60. The Balaban J connectivity index is 1.86. The molecule has 118 valence electrons. The zero-order valence-electron chi connectivity index (χ0n) is 13.7. The molecule has 0 aliphatic heterocycles. The van der Waals surface area contributed by atoms with Gasteiger partial charge in [-0.1, -0.05) is 32.0 Å². The van der Waals surface area contributed by atoms with Crippen LogP contribution < -0.4 is 5.32 Å². The topological polar surface area (TPSA) is 66.5 Å². The third-order valence-electron chi connectivity index (χ3n) is 3.46. The molecule has 5 heteroatoms. The van der Waals surface area contributed by atoms with Gasteiger partial charge in [-0.25, -0.2) is 15.0 Å². The minimum absolute atomic E-state index is 0.564. The Hall–Kier alpha value is -2.69. The van der Waals surface area contributed by atoms with E-state index in [1.54, 1.807) is 6.20 Å². The number of aromatic nitrogens is 4. The first kappa shape index (κ1) is 15.2. The van der Waals surface area contributed by atoms with Gasteiger partial charge in [0, 0.05) is 24.0 Å². The third kappa shape index (κ3) is 3.74. The number of rotatable bonds is 5. The van der Waals surface area contributed by atoms with Crippen LogP contribution >= 0.6 is 0 Å². The molecule has 0 saturated heterocycles. The van der Waals surface area contributed by atoms with E-state index in [2.05, 4.69) is 34.1 Å². The molecule has 2 heterocycles. The van der Waals surface area contributed by atoms with Crippen LogP contribution in [0.5, 0.6) is 0 Å². The highest BCUT2D eigenvalue weighted by Crippen LogP contribution is 2.21. The van der Waals surface area contributed by atoms with Crippen molar-refractivity contribution < 1.29 is 0 Å². The van der Waals surface area contributed by atoms with E-state index >= 15 is 0 Å². The van der Waals surface area contributed by atoms with Crippen molar-refractivity contribution in [3.63, 3.8) is 0 Å². The molecule has 0 saturated carbocycles. The van der Waals surface area contributed by atoms with Gasteiger partial charge in [-0.15, -0.1) is 0 Å². The normalized spacial score (nSPS) is 11.0. The monoisotopic (exact) mass is 307 g/mol. The fraction of sp³-hybridized carbons (Fsp3) is 0.278. The van der Waals surface area contributed by atoms with Gasteiger partial charge in [-0.2, -0.15) is 0 Å². The second-order valence-electron chi connectivity index (χ2n) is 6.01. The highest BCUT2D eigenvalue weighted by Gasteiger charge is 2.12. The van der Waals surface area contributed by atoms with Crippen LogP contribution in [-0.2, 0) is 6.42 Å². The molecule has 0 atom stereocenters. The predicted octanol–water partition coefficient (Wildman–Crippen LogP) is 4.12. The van der Waals surface area contributed by atoms with Crippen molar-refractivity contribution in [3.8, 4) is 11.4 Å². The minimum atomic E-state index is 0.564. The van der Waals surface area contributed by atoms with E-state index in [-0.39, 0.29) is 0 Å². The molecular formula is C18H21N5. The van der Waals surface area contributed by atoms with Crippen LogP contribution in [0.4, 0.5) is 11.6 Å². The fourth-order valence-electron chi connectivity index (χ4n) is 2.46. The standard InChI is InChI=1S/C18H21N5/c1-12(2)11-16-20-13(3)17(23-16)15-9-10-19-18(22-15)21-14-7-5-4-6-8-14/h4-10,12H,11H2,1-3H3,(H,20,23)(H,19,21,22). The first-order valence-corrected chi connectivity index (χ1v) is 7.83. The smallest absolute Gasteiger partial charge is 0.227 e. The average molecular weight is 307 g/mol. The van der Waals surface area contributed by atoms with Crippen molar-refractivity contribution in [2.75, 3.05) is 5.32 Å². The van der Waals surface area contributed by atoms with Crippen LogP contribution in [-0.4, -0.2) is 19.9 Å². The SMILES string of the molecule is Cc1[nH]c(CC(C)C)nc1-c1ccnc(Nc2ccccc2)n1. The fourth-order valence-corrected chi connectivity index (χ4v) is 2.46. The summed E-state index contributed by atoms with van der Waals surface area (Å²) >= 11 is 0. The molecule has 0 amide bonds. The van der Waals surface area contributed by atoms with E-state index in [1.807, 2.05) is 43.3 Å². The van der Waals surface area contributed by atoms with Crippen LogP contribution in [0.2, 0.25) is 0 Å². The minimum Gasteiger partial charge on any atom is -0.346 e. The molecule has 2 N–H and O–H groups in total. The van der Waals surface area contributed by atoms with E-state index in [1.165, 1.54) is 0 Å². The van der Waals surface area contributed by atoms with Crippen LogP contribution in [0, 0.1) is 12.8 Å². The summed E-state index contributed by atoms with van der Waals surface area (Å²) in [6.07, 6.45) is 2.69. The molecule has 3 rings (SSSR count). The summed E-state index contributed by atoms with van der Waals surface area (Å²) in [5.41, 5.74) is 3.70. The van der Waals surface area contributed by atoms with Gasteiger partial charge in [-0.05, 0) is 31.0 Å². The van der Waals surface area contributed by atoms with Crippen molar-refractivity contribution in [1.82, 2.24) is 19.9 Å². The Bertz CT molecular complexity index is 777. The number of aromatic amines is 1. The Morgan fingerprint density at radius 3 is 2.61 bits per heavy atom. The summed E-state index contributed by atoms with van der Waals surface area (Å²) in [5.74, 6) is 2.14. The van der Waals surface area contributed by atoms with E-state index in [0.29, 0.717) is 11.9 Å². The van der Waals surface area contributed by atoms with Crippen molar-refractivity contribution in [2.24, 2.45) is 5.92 Å². The van der Waals surface area contributed by atoms with E-state index in [9.17, 15) is 0 Å². The van der Waals surface area contributed by atoms with Crippen molar-refractivity contribution >= 4 is 11.6 Å². The largest absolute Gasteiger partial charge is 0.346 e. The number of imidazole rings is 1. The van der Waals surface area contributed by atoms with E-state index in [4.69, 9.17) is 4.98 Å². The Morgan fingerprint density at radius 1 is 1.09 bits per heavy atom. The summed E-state index contributed by atoms with van der Waals surface area (Å²) in [5, 5.41) is 3.21. The van der Waals surface area contributed by atoms with Crippen LogP contribution in [0.25, 0.3) is 11.4 Å². The number of para-hydroxylation sites is 1. The number of hydrogen-bond acceptors (Lipinski definition) is 4. The van der Waals surface area contributed by atoms with Gasteiger partial charge >= 0.3 is 0 Å². The molecule has 0 fully saturated rings. The molecule has 3 aromatic rings. The Labute approximate surface area is 136 Å². The lowest BCUT2D eigenvalue weighted by Gasteiger charge is -2.05. The predicted molar refractivity (Wildman–Crippen MR) is 92.6 cm³/mol. The summed E-state index contributed by atoms with van der Waals surface area (Å²) < 4.78 is 0. The van der Waals surface area contributed by atoms with Gasteiger partial charge in [0.2, 0.25) is 5.95 Å². The third-order valence-corrected chi connectivity index (χ3v) is 3.46. The first-order valence-electron chi connectivity index (χ1n) is 7.83. The van der Waals surface area contributed by atoms with Gasteiger partial charge in [-0.3, -0.25) is 0 Å². The number of nitrogens with zero attached hydrogens (tertiary/aromatic N) is 3. The highest BCUT2D eigenvalue weighted by atomic mass is 15.1. The maximum atomic E-state index is 4.69. The van der Waals surface area contributed by atoms with Crippen molar-refractivity contribution in [2.45, 2.75) is 27.2 Å². The summed E-state index contributed by atoms with van der Waals surface area (Å²) in [7, 11) is 0. The molecule has 0 aliphatic carbocycles.